The molecule has 1 aromatic heterocycles. The number of methoxy groups -OCH3 is 3. The fraction of sp³-hybridized carbons (Fsp3) is 0.150. The van der Waals surface area contributed by atoms with Gasteiger partial charge in [0.15, 0.2) is 5.75 Å². The SMILES string of the molecule is COc1cccc(-c2cnc(-c3cccc(OC)c3)c(OC)c2P)c1. The van der Waals surface area contributed by atoms with Crippen molar-refractivity contribution in [3.8, 4) is 39.6 Å². The molecule has 0 amide bonds. The Kier molecular flexibility index (Phi) is 5.20. The first kappa shape index (κ1) is 17.2. The van der Waals surface area contributed by atoms with E-state index in [0.29, 0.717) is 0 Å². The molecule has 4 nitrogen and oxygen atoms in total. The van der Waals surface area contributed by atoms with Crippen molar-refractivity contribution >= 4 is 14.5 Å². The first-order chi connectivity index (χ1) is 12.2. The van der Waals surface area contributed by atoms with Crippen LogP contribution in [0.3, 0.4) is 0 Å². The van der Waals surface area contributed by atoms with Gasteiger partial charge in [0, 0.05) is 22.6 Å². The second kappa shape index (κ2) is 7.54. The molecule has 0 N–H and O–H groups in total. The van der Waals surface area contributed by atoms with Crippen molar-refractivity contribution in [1.29, 1.82) is 0 Å². The molecular formula is C20H20NO3P. The molecule has 0 saturated carbocycles. The predicted molar refractivity (Wildman–Crippen MR) is 104 cm³/mol. The van der Waals surface area contributed by atoms with Crippen LogP contribution in [0.4, 0.5) is 0 Å². The molecule has 1 unspecified atom stereocenters. The zero-order valence-corrected chi connectivity index (χ0v) is 15.6. The van der Waals surface area contributed by atoms with Crippen LogP contribution in [0.25, 0.3) is 22.4 Å². The smallest absolute Gasteiger partial charge is 0.152 e. The Balaban J connectivity index is 2.13. The molecule has 0 radical (unpaired) electrons. The van der Waals surface area contributed by atoms with Crippen LogP contribution in [-0.2, 0) is 0 Å². The molecule has 0 aliphatic heterocycles. The van der Waals surface area contributed by atoms with E-state index in [-0.39, 0.29) is 0 Å². The van der Waals surface area contributed by atoms with Gasteiger partial charge in [0.2, 0.25) is 0 Å². The molecule has 0 aliphatic rings. The van der Waals surface area contributed by atoms with Gasteiger partial charge in [-0.2, -0.15) is 0 Å². The monoisotopic (exact) mass is 353 g/mol. The van der Waals surface area contributed by atoms with Crippen LogP contribution in [0.5, 0.6) is 17.2 Å². The number of benzene rings is 2. The second-order valence-electron chi connectivity index (χ2n) is 5.43. The summed E-state index contributed by atoms with van der Waals surface area (Å²) in [6.45, 7) is 0. The van der Waals surface area contributed by atoms with E-state index in [9.17, 15) is 0 Å². The van der Waals surface area contributed by atoms with Crippen LogP contribution >= 0.6 is 9.24 Å². The van der Waals surface area contributed by atoms with Crippen molar-refractivity contribution in [3.05, 3.63) is 54.7 Å². The maximum absolute atomic E-state index is 5.67. The molecule has 128 valence electrons. The number of hydrogen-bond acceptors (Lipinski definition) is 4. The van der Waals surface area contributed by atoms with Crippen molar-refractivity contribution in [3.63, 3.8) is 0 Å². The highest BCUT2D eigenvalue weighted by Crippen LogP contribution is 2.34. The van der Waals surface area contributed by atoms with Crippen LogP contribution in [0, 0.1) is 0 Å². The Bertz CT molecular complexity index is 896. The minimum atomic E-state index is 0.721. The lowest BCUT2D eigenvalue weighted by Gasteiger charge is -2.15. The Morgan fingerprint density at radius 1 is 0.800 bits per heavy atom. The van der Waals surface area contributed by atoms with Crippen molar-refractivity contribution in [2.75, 3.05) is 21.3 Å². The first-order valence-electron chi connectivity index (χ1n) is 7.79. The fourth-order valence-electron chi connectivity index (χ4n) is 2.71. The van der Waals surface area contributed by atoms with Gasteiger partial charge >= 0.3 is 0 Å². The van der Waals surface area contributed by atoms with Gasteiger partial charge in [-0.3, -0.25) is 4.98 Å². The Morgan fingerprint density at radius 3 is 2.00 bits per heavy atom. The standard InChI is InChI=1S/C20H20NO3P/c1-22-15-8-4-6-13(10-15)17-12-21-18(19(24-3)20(17)25)14-7-5-9-16(11-14)23-2/h4-12H,25H2,1-3H3. The topological polar surface area (TPSA) is 40.6 Å². The van der Waals surface area contributed by atoms with Crippen molar-refractivity contribution in [2.45, 2.75) is 0 Å². The van der Waals surface area contributed by atoms with Crippen LogP contribution in [0.15, 0.2) is 54.7 Å². The molecule has 0 saturated heterocycles. The van der Waals surface area contributed by atoms with E-state index >= 15 is 0 Å². The molecule has 0 spiro atoms. The summed E-state index contributed by atoms with van der Waals surface area (Å²) in [5.41, 5.74) is 3.72. The number of aromatic nitrogens is 1. The van der Waals surface area contributed by atoms with E-state index in [1.807, 2.05) is 54.7 Å². The summed E-state index contributed by atoms with van der Waals surface area (Å²) in [5.74, 6) is 2.31. The third kappa shape index (κ3) is 3.45. The van der Waals surface area contributed by atoms with E-state index < -0.39 is 0 Å². The molecule has 0 bridgehead atoms. The molecule has 5 heteroatoms. The summed E-state index contributed by atoms with van der Waals surface area (Å²) in [5, 5.41) is 0.948. The maximum Gasteiger partial charge on any atom is 0.152 e. The minimum Gasteiger partial charge on any atom is -0.497 e. The molecule has 3 aromatic rings. The highest BCUT2D eigenvalue weighted by molar-refractivity contribution is 7.28. The third-order valence-electron chi connectivity index (χ3n) is 4.00. The van der Waals surface area contributed by atoms with Gasteiger partial charge in [-0.15, -0.1) is 9.24 Å². The molecule has 0 fully saturated rings. The highest BCUT2D eigenvalue weighted by atomic mass is 31.0. The van der Waals surface area contributed by atoms with Crippen LogP contribution in [0.1, 0.15) is 0 Å². The predicted octanol–water partition coefficient (Wildman–Crippen LogP) is 3.94. The average molecular weight is 353 g/mol. The summed E-state index contributed by atoms with van der Waals surface area (Å²) < 4.78 is 16.3. The normalized spacial score (nSPS) is 10.4. The van der Waals surface area contributed by atoms with Gasteiger partial charge in [0.1, 0.15) is 17.2 Å². The van der Waals surface area contributed by atoms with Crippen molar-refractivity contribution in [1.82, 2.24) is 4.98 Å². The van der Waals surface area contributed by atoms with E-state index in [4.69, 9.17) is 14.2 Å². The van der Waals surface area contributed by atoms with Crippen molar-refractivity contribution in [2.24, 2.45) is 0 Å². The molecule has 2 aromatic carbocycles. The summed E-state index contributed by atoms with van der Waals surface area (Å²) in [6.07, 6.45) is 1.86. The summed E-state index contributed by atoms with van der Waals surface area (Å²) in [4.78, 5) is 4.65. The fourth-order valence-corrected chi connectivity index (χ4v) is 3.21. The number of nitrogens with zero attached hydrogens (tertiary/aromatic N) is 1. The Hall–Kier alpha value is -2.58. The average Bonchev–Trinajstić information content (AvgIpc) is 2.67. The molecule has 3 rings (SSSR count). The third-order valence-corrected chi connectivity index (χ3v) is 4.57. The summed E-state index contributed by atoms with van der Waals surface area (Å²) in [6, 6.07) is 15.7. The quantitative estimate of drug-likeness (QED) is 0.652. The summed E-state index contributed by atoms with van der Waals surface area (Å²) >= 11 is 0. The van der Waals surface area contributed by atoms with E-state index in [0.717, 1.165) is 44.9 Å². The zero-order valence-electron chi connectivity index (χ0n) is 14.4. The van der Waals surface area contributed by atoms with Gasteiger partial charge in [-0.25, -0.2) is 0 Å². The van der Waals surface area contributed by atoms with Gasteiger partial charge in [-0.1, -0.05) is 24.3 Å². The molecular weight excluding hydrogens is 333 g/mol. The van der Waals surface area contributed by atoms with Crippen LogP contribution in [0.2, 0.25) is 0 Å². The van der Waals surface area contributed by atoms with E-state index in [1.165, 1.54) is 0 Å². The molecule has 1 atom stereocenters. The minimum absolute atomic E-state index is 0.721. The van der Waals surface area contributed by atoms with Crippen molar-refractivity contribution < 1.29 is 14.2 Å². The van der Waals surface area contributed by atoms with Crippen LogP contribution in [-0.4, -0.2) is 26.3 Å². The lowest BCUT2D eigenvalue weighted by molar-refractivity contribution is 0.414. The number of rotatable bonds is 5. The number of ether oxygens (including phenoxy) is 3. The van der Waals surface area contributed by atoms with Gasteiger partial charge in [0.25, 0.3) is 0 Å². The molecule has 1 heterocycles. The van der Waals surface area contributed by atoms with E-state index in [2.05, 4.69) is 14.2 Å². The second-order valence-corrected chi connectivity index (χ2v) is 6.01. The largest absolute Gasteiger partial charge is 0.497 e. The van der Waals surface area contributed by atoms with E-state index in [1.54, 1.807) is 21.3 Å². The Morgan fingerprint density at radius 2 is 1.40 bits per heavy atom. The zero-order chi connectivity index (χ0) is 17.8. The number of hydrogen-bond donors (Lipinski definition) is 0. The lowest BCUT2D eigenvalue weighted by Crippen LogP contribution is -2.07. The first-order valence-corrected chi connectivity index (χ1v) is 8.37. The van der Waals surface area contributed by atoms with Gasteiger partial charge < -0.3 is 14.2 Å². The maximum atomic E-state index is 5.67. The highest BCUT2D eigenvalue weighted by Gasteiger charge is 2.16. The van der Waals surface area contributed by atoms with Crippen LogP contribution < -0.4 is 19.5 Å². The number of pyridine rings is 1. The lowest BCUT2D eigenvalue weighted by atomic mass is 10.0. The Labute approximate surface area is 150 Å². The molecule has 25 heavy (non-hydrogen) atoms. The molecule has 0 aliphatic carbocycles. The summed E-state index contributed by atoms with van der Waals surface area (Å²) in [7, 11) is 7.73. The van der Waals surface area contributed by atoms with Gasteiger partial charge in [0.05, 0.1) is 21.3 Å². The van der Waals surface area contributed by atoms with Gasteiger partial charge in [-0.05, 0) is 29.8 Å².